The lowest BCUT2D eigenvalue weighted by Gasteiger charge is -2.10. The van der Waals surface area contributed by atoms with Gasteiger partial charge in [-0.1, -0.05) is 12.1 Å². The standard InChI is InChI=1S/C10H10BrFO2/c1-14-9-4-2-8(3-5-9)6-10(11,12)7-13/h2-5,7H,6H2,1H3. The highest BCUT2D eigenvalue weighted by atomic mass is 79.9. The quantitative estimate of drug-likeness (QED) is 0.614. The number of alkyl halides is 2. The second-order valence-corrected chi connectivity index (χ2v) is 4.22. The second kappa shape index (κ2) is 4.55. The third kappa shape index (κ3) is 3.10. The summed E-state index contributed by atoms with van der Waals surface area (Å²) >= 11 is 2.69. The Labute approximate surface area is 90.2 Å². The molecule has 0 saturated heterocycles. The summed E-state index contributed by atoms with van der Waals surface area (Å²) in [6.45, 7) is 0. The molecule has 0 N–H and O–H groups in total. The molecule has 0 spiro atoms. The van der Waals surface area contributed by atoms with Gasteiger partial charge in [-0.05, 0) is 33.6 Å². The SMILES string of the molecule is COc1ccc(CC(F)(Br)C=O)cc1. The van der Waals surface area contributed by atoms with Crippen LogP contribution in [-0.2, 0) is 11.2 Å². The highest BCUT2D eigenvalue weighted by molar-refractivity contribution is 9.10. The average molecular weight is 261 g/mol. The minimum atomic E-state index is -1.97. The Morgan fingerprint density at radius 1 is 1.50 bits per heavy atom. The molecule has 0 amide bonds. The topological polar surface area (TPSA) is 26.3 Å². The molecule has 0 heterocycles. The molecule has 4 heteroatoms. The van der Waals surface area contributed by atoms with Crippen molar-refractivity contribution in [1.82, 2.24) is 0 Å². The first-order valence-corrected chi connectivity index (χ1v) is 4.84. The number of carbonyl (C=O) groups excluding carboxylic acids is 1. The summed E-state index contributed by atoms with van der Waals surface area (Å²) < 4.78 is 16.2. The van der Waals surface area contributed by atoms with Gasteiger partial charge in [-0.15, -0.1) is 0 Å². The third-order valence-electron chi connectivity index (χ3n) is 1.77. The maximum Gasteiger partial charge on any atom is 0.223 e. The molecular formula is C10H10BrFO2. The zero-order valence-electron chi connectivity index (χ0n) is 7.67. The van der Waals surface area contributed by atoms with Crippen molar-refractivity contribution in [3.63, 3.8) is 0 Å². The molecule has 0 aliphatic rings. The van der Waals surface area contributed by atoms with Crippen molar-refractivity contribution < 1.29 is 13.9 Å². The van der Waals surface area contributed by atoms with Crippen LogP contribution < -0.4 is 4.74 Å². The molecule has 1 aromatic rings. The van der Waals surface area contributed by atoms with E-state index < -0.39 is 4.58 Å². The monoisotopic (exact) mass is 260 g/mol. The van der Waals surface area contributed by atoms with E-state index in [4.69, 9.17) is 4.74 Å². The first-order chi connectivity index (χ1) is 6.57. The summed E-state index contributed by atoms with van der Waals surface area (Å²) in [7, 11) is 1.56. The van der Waals surface area contributed by atoms with Crippen molar-refractivity contribution in [2.24, 2.45) is 0 Å². The lowest BCUT2D eigenvalue weighted by atomic mass is 10.1. The zero-order chi connectivity index (χ0) is 10.6. The van der Waals surface area contributed by atoms with E-state index in [1.807, 2.05) is 0 Å². The number of aldehydes is 1. The maximum atomic E-state index is 13.2. The Bertz CT molecular complexity index is 308. The number of hydrogen-bond acceptors (Lipinski definition) is 2. The molecule has 0 saturated carbocycles. The number of ether oxygens (including phenoxy) is 1. The first-order valence-electron chi connectivity index (χ1n) is 4.04. The molecule has 0 aliphatic carbocycles. The van der Waals surface area contributed by atoms with Crippen molar-refractivity contribution in [2.75, 3.05) is 7.11 Å². The predicted octanol–water partition coefficient (Wildman–Crippen LogP) is 2.50. The minimum Gasteiger partial charge on any atom is -0.497 e. The fourth-order valence-electron chi connectivity index (χ4n) is 1.06. The van der Waals surface area contributed by atoms with Crippen LogP contribution >= 0.6 is 15.9 Å². The minimum absolute atomic E-state index is 0.0144. The number of methoxy groups -OCH3 is 1. The Balaban J connectivity index is 2.73. The molecule has 76 valence electrons. The molecule has 0 radical (unpaired) electrons. The van der Waals surface area contributed by atoms with Crippen LogP contribution in [0.5, 0.6) is 5.75 Å². The summed E-state index contributed by atoms with van der Waals surface area (Å²) in [6, 6.07) is 6.89. The van der Waals surface area contributed by atoms with Gasteiger partial charge >= 0.3 is 0 Å². The maximum absolute atomic E-state index is 13.2. The van der Waals surface area contributed by atoms with Crippen LogP contribution in [-0.4, -0.2) is 18.0 Å². The van der Waals surface area contributed by atoms with Crippen LogP contribution in [0.3, 0.4) is 0 Å². The van der Waals surface area contributed by atoms with Gasteiger partial charge in [0.05, 0.1) is 7.11 Å². The van der Waals surface area contributed by atoms with Crippen LogP contribution in [0.2, 0.25) is 0 Å². The van der Waals surface area contributed by atoms with E-state index in [0.29, 0.717) is 5.75 Å². The number of halogens is 2. The van der Waals surface area contributed by atoms with E-state index in [1.165, 1.54) is 0 Å². The van der Waals surface area contributed by atoms with Gasteiger partial charge in [-0.3, -0.25) is 4.79 Å². The van der Waals surface area contributed by atoms with Crippen molar-refractivity contribution in [3.05, 3.63) is 29.8 Å². The van der Waals surface area contributed by atoms with E-state index in [-0.39, 0.29) is 12.7 Å². The summed E-state index contributed by atoms with van der Waals surface area (Å²) in [6.07, 6.45) is 0.262. The molecule has 2 nitrogen and oxygen atoms in total. The summed E-state index contributed by atoms with van der Waals surface area (Å²) in [5.74, 6) is 0.707. The van der Waals surface area contributed by atoms with Gasteiger partial charge in [0.25, 0.3) is 0 Å². The molecule has 0 bridgehead atoms. The molecule has 0 fully saturated rings. The van der Waals surface area contributed by atoms with Gasteiger partial charge in [-0.25, -0.2) is 4.39 Å². The smallest absolute Gasteiger partial charge is 0.223 e. The zero-order valence-corrected chi connectivity index (χ0v) is 9.25. The van der Waals surface area contributed by atoms with Crippen molar-refractivity contribution in [2.45, 2.75) is 11.0 Å². The Morgan fingerprint density at radius 3 is 2.50 bits per heavy atom. The Hall–Kier alpha value is -0.900. The van der Waals surface area contributed by atoms with Crippen molar-refractivity contribution in [3.8, 4) is 5.75 Å². The van der Waals surface area contributed by atoms with E-state index >= 15 is 0 Å². The van der Waals surface area contributed by atoms with Crippen molar-refractivity contribution in [1.29, 1.82) is 0 Å². The first kappa shape index (κ1) is 11.2. The van der Waals surface area contributed by atoms with Crippen LogP contribution in [0.4, 0.5) is 4.39 Å². The van der Waals surface area contributed by atoms with Gasteiger partial charge in [0.2, 0.25) is 4.58 Å². The second-order valence-electron chi connectivity index (χ2n) is 2.90. The van der Waals surface area contributed by atoms with Crippen LogP contribution in [0.15, 0.2) is 24.3 Å². The Morgan fingerprint density at radius 2 is 2.07 bits per heavy atom. The molecule has 1 aromatic carbocycles. The third-order valence-corrected chi connectivity index (χ3v) is 2.24. The number of benzene rings is 1. The van der Waals surface area contributed by atoms with Crippen LogP contribution in [0.25, 0.3) is 0 Å². The van der Waals surface area contributed by atoms with E-state index in [9.17, 15) is 9.18 Å². The summed E-state index contributed by atoms with van der Waals surface area (Å²) in [4.78, 5) is 10.3. The number of rotatable bonds is 4. The van der Waals surface area contributed by atoms with Gasteiger partial charge < -0.3 is 4.74 Å². The fraction of sp³-hybridized carbons (Fsp3) is 0.300. The van der Waals surface area contributed by atoms with E-state index in [0.717, 1.165) is 5.56 Å². The normalized spacial score (nSPS) is 14.5. The van der Waals surface area contributed by atoms with Gasteiger partial charge in [-0.2, -0.15) is 0 Å². The van der Waals surface area contributed by atoms with Gasteiger partial charge in [0.15, 0.2) is 6.29 Å². The molecule has 0 aliphatic heterocycles. The van der Waals surface area contributed by atoms with Crippen molar-refractivity contribution >= 4 is 22.2 Å². The predicted molar refractivity (Wildman–Crippen MR) is 55.5 cm³/mol. The molecule has 1 unspecified atom stereocenters. The van der Waals surface area contributed by atoms with Gasteiger partial charge in [0.1, 0.15) is 5.75 Å². The highest BCUT2D eigenvalue weighted by Crippen LogP contribution is 2.23. The van der Waals surface area contributed by atoms with Gasteiger partial charge in [0, 0.05) is 6.42 Å². The number of carbonyl (C=O) groups is 1. The van der Waals surface area contributed by atoms with E-state index in [1.54, 1.807) is 31.4 Å². The van der Waals surface area contributed by atoms with E-state index in [2.05, 4.69) is 15.9 Å². The lowest BCUT2D eigenvalue weighted by molar-refractivity contribution is -0.113. The highest BCUT2D eigenvalue weighted by Gasteiger charge is 2.24. The summed E-state index contributed by atoms with van der Waals surface area (Å²) in [5.41, 5.74) is 0.734. The average Bonchev–Trinajstić information content (AvgIpc) is 2.19. The molecule has 1 atom stereocenters. The summed E-state index contributed by atoms with van der Waals surface area (Å²) in [5, 5.41) is 0. The molecule has 14 heavy (non-hydrogen) atoms. The molecule has 1 rings (SSSR count). The molecular weight excluding hydrogens is 251 g/mol. The fourth-order valence-corrected chi connectivity index (χ4v) is 1.38. The lowest BCUT2D eigenvalue weighted by Crippen LogP contribution is -2.18. The molecule has 0 aromatic heterocycles. The van der Waals surface area contributed by atoms with Crippen LogP contribution in [0.1, 0.15) is 5.56 Å². The van der Waals surface area contributed by atoms with Crippen LogP contribution in [0, 0.1) is 0 Å². The largest absolute Gasteiger partial charge is 0.497 e. The Kier molecular flexibility index (Phi) is 3.63. The number of hydrogen-bond donors (Lipinski definition) is 0.